The molecule has 0 saturated carbocycles. The van der Waals surface area contributed by atoms with Gasteiger partial charge in [0, 0.05) is 6.54 Å². The molecule has 1 aliphatic rings. The molecule has 32 heavy (non-hydrogen) atoms. The number of rotatable bonds is 6. The van der Waals surface area contributed by atoms with Crippen LogP contribution in [-0.2, 0) is 14.4 Å². The monoisotopic (exact) mass is 481 g/mol. The van der Waals surface area contributed by atoms with Crippen molar-refractivity contribution in [1.82, 2.24) is 10.2 Å². The first kappa shape index (κ1) is 29.9. The lowest BCUT2D eigenvalue weighted by Gasteiger charge is -2.32. The number of carbonyl (C=O) groups excluding carboxylic acids is 2. The van der Waals surface area contributed by atoms with E-state index in [0.717, 1.165) is 0 Å². The average molecular weight is 481 g/mol. The van der Waals surface area contributed by atoms with Crippen LogP contribution < -0.4 is 11.1 Å². The molecule has 0 aliphatic carbocycles. The summed E-state index contributed by atoms with van der Waals surface area (Å²) in [5.41, 5.74) is 5.85. The van der Waals surface area contributed by atoms with E-state index in [9.17, 15) is 41.0 Å². The van der Waals surface area contributed by atoms with E-state index in [1.807, 2.05) is 0 Å². The van der Waals surface area contributed by atoms with Gasteiger partial charge < -0.3 is 26.2 Å². The number of likely N-dealkylation sites (tertiary alicyclic amines) is 1. The van der Waals surface area contributed by atoms with Gasteiger partial charge in [0.15, 0.2) is 6.10 Å². The molecule has 1 heterocycles. The molecule has 8 nitrogen and oxygen atoms in total. The van der Waals surface area contributed by atoms with Gasteiger partial charge in [-0.1, -0.05) is 27.7 Å². The molecule has 0 spiro atoms. The van der Waals surface area contributed by atoms with Crippen molar-refractivity contribution in [1.29, 1.82) is 0 Å². The van der Waals surface area contributed by atoms with Crippen molar-refractivity contribution in [2.75, 3.05) is 6.54 Å². The van der Waals surface area contributed by atoms with Crippen LogP contribution in [0.4, 0.5) is 26.3 Å². The third kappa shape index (κ3) is 8.81. The van der Waals surface area contributed by atoms with E-state index in [4.69, 9.17) is 15.6 Å². The second kappa shape index (κ2) is 11.7. The summed E-state index contributed by atoms with van der Waals surface area (Å²) in [5, 5.41) is 18.9. The van der Waals surface area contributed by atoms with E-state index in [-0.39, 0.29) is 11.8 Å². The number of alkyl halides is 6. The van der Waals surface area contributed by atoms with Gasteiger partial charge in [-0.15, -0.1) is 0 Å². The van der Waals surface area contributed by atoms with Crippen LogP contribution >= 0.6 is 0 Å². The fourth-order valence-corrected chi connectivity index (χ4v) is 2.85. The Morgan fingerprint density at radius 2 is 1.50 bits per heavy atom. The maximum atomic E-state index is 12.8. The summed E-state index contributed by atoms with van der Waals surface area (Å²) >= 11 is 0. The molecule has 14 heteroatoms. The number of nitrogens with two attached hydrogens (primary N) is 1. The largest absolute Gasteiger partial charge is 0.490 e. The van der Waals surface area contributed by atoms with Crippen LogP contribution in [0.15, 0.2) is 0 Å². The third-order valence-electron chi connectivity index (χ3n) is 4.79. The van der Waals surface area contributed by atoms with Crippen molar-refractivity contribution >= 4 is 17.8 Å². The van der Waals surface area contributed by atoms with Gasteiger partial charge in [-0.25, -0.2) is 4.79 Å². The lowest BCUT2D eigenvalue weighted by atomic mass is 9.97. The molecule has 5 N–H and O–H groups in total. The summed E-state index contributed by atoms with van der Waals surface area (Å²) in [7, 11) is 0. The normalized spacial score (nSPS) is 19.8. The molecule has 1 saturated heterocycles. The van der Waals surface area contributed by atoms with Crippen LogP contribution in [0.5, 0.6) is 0 Å². The van der Waals surface area contributed by atoms with Crippen molar-refractivity contribution in [3.05, 3.63) is 0 Å². The average Bonchev–Trinajstić information content (AvgIpc) is 3.12. The molecule has 1 rings (SSSR count). The Labute approximate surface area is 181 Å². The fourth-order valence-electron chi connectivity index (χ4n) is 2.85. The third-order valence-corrected chi connectivity index (χ3v) is 4.79. The topological polar surface area (TPSA) is 133 Å². The van der Waals surface area contributed by atoms with Gasteiger partial charge in [-0.05, 0) is 24.7 Å². The quantitative estimate of drug-likeness (QED) is 0.427. The number of carbonyl (C=O) groups is 3. The molecule has 2 unspecified atom stereocenters. The molecular weight excluding hydrogens is 452 g/mol. The summed E-state index contributed by atoms with van der Waals surface area (Å²) < 4.78 is 70.1. The number of carboxylic acid groups (broad SMARTS) is 1. The molecule has 0 bridgehead atoms. The van der Waals surface area contributed by atoms with Gasteiger partial charge in [0.25, 0.3) is 0 Å². The minimum Gasteiger partial charge on any atom is -0.475 e. The summed E-state index contributed by atoms with van der Waals surface area (Å²) in [6, 6.07) is -3.11. The number of carboxylic acids is 1. The summed E-state index contributed by atoms with van der Waals surface area (Å²) in [6.45, 7) is 6.86. The molecule has 188 valence electrons. The number of nitrogens with zero attached hydrogens (tertiary/aromatic N) is 1. The zero-order valence-corrected chi connectivity index (χ0v) is 18.0. The Morgan fingerprint density at radius 1 is 1.03 bits per heavy atom. The minimum absolute atomic E-state index is 0.118. The highest BCUT2D eigenvalue weighted by Gasteiger charge is 2.46. The zero-order valence-electron chi connectivity index (χ0n) is 18.0. The second-order valence-corrected chi connectivity index (χ2v) is 8.03. The van der Waals surface area contributed by atoms with Crippen molar-refractivity contribution < 1.29 is 50.9 Å². The van der Waals surface area contributed by atoms with Crippen molar-refractivity contribution in [3.63, 3.8) is 0 Å². The van der Waals surface area contributed by atoms with E-state index in [1.165, 1.54) is 18.7 Å². The standard InChI is InChI=1S/C16H28F3N3O3.C2HF3O2/c1-8(2)11(20)15(25)22-7-5-6-10(22)14(24)21-12(9(3)4)13(23)16(17,18)19;3-2(4,5)1(6)7/h8-13,23H,5-7,20H2,1-4H3,(H,21,24);(H,6,7)/t10-,11+,12?,13?;/m1./s1. The first-order valence-electron chi connectivity index (χ1n) is 9.73. The van der Waals surface area contributed by atoms with E-state index < -0.39 is 54.4 Å². The second-order valence-electron chi connectivity index (χ2n) is 8.03. The Balaban J connectivity index is 0.00000118. The van der Waals surface area contributed by atoms with E-state index in [1.54, 1.807) is 13.8 Å². The van der Waals surface area contributed by atoms with Crippen molar-refractivity contribution in [2.45, 2.75) is 77.1 Å². The van der Waals surface area contributed by atoms with Crippen molar-refractivity contribution in [3.8, 4) is 0 Å². The highest BCUT2D eigenvalue weighted by atomic mass is 19.4. The van der Waals surface area contributed by atoms with Gasteiger partial charge in [-0.3, -0.25) is 9.59 Å². The first-order valence-corrected chi connectivity index (χ1v) is 9.73. The number of amides is 2. The molecule has 0 aromatic carbocycles. The van der Waals surface area contributed by atoms with Gasteiger partial charge in [0.2, 0.25) is 11.8 Å². The Hall–Kier alpha value is -2.09. The molecule has 0 radical (unpaired) electrons. The van der Waals surface area contributed by atoms with Crippen LogP contribution in [0.1, 0.15) is 40.5 Å². The molecule has 1 fully saturated rings. The highest BCUT2D eigenvalue weighted by Crippen LogP contribution is 2.26. The number of aliphatic hydroxyl groups excluding tert-OH is 1. The van der Waals surface area contributed by atoms with Crippen LogP contribution in [0.3, 0.4) is 0 Å². The Morgan fingerprint density at radius 3 is 1.84 bits per heavy atom. The maximum absolute atomic E-state index is 12.8. The molecule has 0 aromatic heterocycles. The molecule has 4 atom stereocenters. The van der Waals surface area contributed by atoms with E-state index >= 15 is 0 Å². The minimum atomic E-state index is -5.08. The number of hydrogen-bond donors (Lipinski definition) is 4. The predicted octanol–water partition coefficient (Wildman–Crippen LogP) is 1.66. The molecule has 1 aliphatic heterocycles. The predicted molar refractivity (Wildman–Crippen MR) is 100 cm³/mol. The van der Waals surface area contributed by atoms with Crippen molar-refractivity contribution in [2.24, 2.45) is 17.6 Å². The SMILES string of the molecule is CC(C)C(NC(=O)[C@H]1CCCN1C(=O)[C@@H](N)C(C)C)C(O)C(F)(F)F.O=C(O)C(F)(F)F. The van der Waals surface area contributed by atoms with Crippen LogP contribution in [0.25, 0.3) is 0 Å². The maximum Gasteiger partial charge on any atom is 0.490 e. The van der Waals surface area contributed by atoms with Gasteiger partial charge >= 0.3 is 18.3 Å². The Bertz CT molecular complexity index is 654. The lowest BCUT2D eigenvalue weighted by Crippen LogP contribution is -2.58. The Kier molecular flexibility index (Phi) is 10.9. The number of hydrogen-bond acceptors (Lipinski definition) is 5. The van der Waals surface area contributed by atoms with E-state index in [2.05, 4.69) is 5.32 Å². The fraction of sp³-hybridized carbons (Fsp3) is 0.833. The van der Waals surface area contributed by atoms with Gasteiger partial charge in [0.05, 0.1) is 12.1 Å². The lowest BCUT2D eigenvalue weighted by molar-refractivity contribution is -0.215. The van der Waals surface area contributed by atoms with Crippen LogP contribution in [0.2, 0.25) is 0 Å². The molecule has 0 aromatic rings. The van der Waals surface area contributed by atoms with Gasteiger partial charge in [-0.2, -0.15) is 26.3 Å². The summed E-state index contributed by atoms with van der Waals surface area (Å²) in [6.07, 6.45) is -11.7. The first-order chi connectivity index (χ1) is 14.3. The van der Waals surface area contributed by atoms with Crippen LogP contribution in [0, 0.1) is 11.8 Å². The molecule has 2 amide bonds. The zero-order chi connectivity index (χ0) is 25.6. The number of nitrogens with one attached hydrogen (secondary N) is 1. The van der Waals surface area contributed by atoms with Gasteiger partial charge in [0.1, 0.15) is 6.04 Å². The smallest absolute Gasteiger partial charge is 0.475 e. The summed E-state index contributed by atoms with van der Waals surface area (Å²) in [5.74, 6) is -4.59. The number of halogens is 6. The summed E-state index contributed by atoms with van der Waals surface area (Å²) in [4.78, 5) is 35.1. The van der Waals surface area contributed by atoms with Crippen LogP contribution in [-0.4, -0.2) is 76.0 Å². The highest BCUT2D eigenvalue weighted by molar-refractivity contribution is 5.90. The number of aliphatic carboxylic acids is 1. The molecular formula is C18H29F6N3O5. The number of aliphatic hydroxyl groups is 1. The van der Waals surface area contributed by atoms with E-state index in [0.29, 0.717) is 19.4 Å².